The van der Waals surface area contributed by atoms with Gasteiger partial charge in [0.25, 0.3) is 0 Å². The van der Waals surface area contributed by atoms with Crippen LogP contribution in [0, 0.1) is 11.8 Å². The topological polar surface area (TPSA) is 37.0 Å². The average molecular weight is 183 g/mol. The first-order valence-corrected chi connectivity index (χ1v) is 5.22. The standard InChI is InChI=1S/C10H18N2O/c1-7-3-8-4-9(11-13)5-10(7)12(2)6-8/h7-8,10,13H,3-6H2,1-2H3/p+1/t7-,8-,10+/m1/s1. The van der Waals surface area contributed by atoms with Crippen molar-refractivity contribution in [1.29, 1.82) is 0 Å². The van der Waals surface area contributed by atoms with E-state index in [4.69, 9.17) is 5.21 Å². The fourth-order valence-corrected chi connectivity index (χ4v) is 3.15. The molecule has 0 aromatic heterocycles. The second kappa shape index (κ2) is 3.29. The highest BCUT2D eigenvalue weighted by molar-refractivity contribution is 5.85. The Kier molecular flexibility index (Phi) is 2.28. The summed E-state index contributed by atoms with van der Waals surface area (Å²) in [7, 11) is 2.27. The van der Waals surface area contributed by atoms with Gasteiger partial charge >= 0.3 is 0 Å². The first-order chi connectivity index (χ1) is 6.20. The molecular weight excluding hydrogens is 164 g/mol. The van der Waals surface area contributed by atoms with E-state index in [1.165, 1.54) is 13.0 Å². The van der Waals surface area contributed by atoms with Crippen molar-refractivity contribution in [2.75, 3.05) is 13.6 Å². The van der Waals surface area contributed by atoms with Gasteiger partial charge in [0.2, 0.25) is 0 Å². The van der Waals surface area contributed by atoms with Crippen molar-refractivity contribution in [2.24, 2.45) is 17.0 Å². The van der Waals surface area contributed by atoms with Gasteiger partial charge in [0.05, 0.1) is 25.3 Å². The van der Waals surface area contributed by atoms with Crippen LogP contribution in [0.2, 0.25) is 0 Å². The summed E-state index contributed by atoms with van der Waals surface area (Å²) in [5.41, 5.74) is 1.02. The molecule has 13 heavy (non-hydrogen) atoms. The van der Waals surface area contributed by atoms with Crippen LogP contribution in [-0.4, -0.2) is 30.6 Å². The maximum atomic E-state index is 8.83. The van der Waals surface area contributed by atoms with E-state index in [-0.39, 0.29) is 0 Å². The van der Waals surface area contributed by atoms with Crippen molar-refractivity contribution in [3.8, 4) is 0 Å². The van der Waals surface area contributed by atoms with Crippen molar-refractivity contribution in [3.05, 3.63) is 0 Å². The lowest BCUT2D eigenvalue weighted by atomic mass is 9.86. The maximum absolute atomic E-state index is 8.83. The molecular formula is C10H19N2O+. The van der Waals surface area contributed by atoms with Crippen LogP contribution in [0.1, 0.15) is 26.2 Å². The molecule has 3 rings (SSSR count). The SMILES string of the molecule is C[C@@H]1C[C@@H]2CC(=NO)C[C@@H]1[NH+](C)C2. The van der Waals surface area contributed by atoms with Crippen molar-refractivity contribution < 1.29 is 10.1 Å². The number of hydrogen-bond donors (Lipinski definition) is 2. The fraction of sp³-hybridized carbons (Fsp3) is 0.900. The predicted molar refractivity (Wildman–Crippen MR) is 51.3 cm³/mol. The monoisotopic (exact) mass is 183 g/mol. The minimum Gasteiger partial charge on any atom is -0.411 e. The number of nitrogens with one attached hydrogen (secondary N) is 1. The molecule has 4 atom stereocenters. The zero-order chi connectivity index (χ0) is 9.42. The van der Waals surface area contributed by atoms with E-state index in [2.05, 4.69) is 19.1 Å². The van der Waals surface area contributed by atoms with Crippen LogP contribution in [0.4, 0.5) is 0 Å². The highest BCUT2D eigenvalue weighted by Crippen LogP contribution is 2.27. The Labute approximate surface area is 79.4 Å². The summed E-state index contributed by atoms with van der Waals surface area (Å²) >= 11 is 0. The van der Waals surface area contributed by atoms with Gasteiger partial charge in [-0.1, -0.05) is 12.1 Å². The molecule has 0 radical (unpaired) electrons. The third-order valence-electron chi connectivity index (χ3n) is 3.76. The number of rotatable bonds is 0. The first kappa shape index (κ1) is 9.00. The second-order valence-corrected chi connectivity index (χ2v) is 4.81. The van der Waals surface area contributed by atoms with Crippen molar-refractivity contribution in [2.45, 2.75) is 32.2 Å². The number of oxime groups is 1. The van der Waals surface area contributed by atoms with E-state index in [1.54, 1.807) is 4.90 Å². The molecule has 0 spiro atoms. The lowest BCUT2D eigenvalue weighted by Gasteiger charge is -2.34. The molecule has 1 saturated carbocycles. The number of hydrogen-bond acceptors (Lipinski definition) is 2. The molecule has 2 heterocycles. The number of fused-ring (bicyclic) bond motifs is 4. The molecule has 3 fully saturated rings. The van der Waals surface area contributed by atoms with E-state index < -0.39 is 0 Å². The Morgan fingerprint density at radius 1 is 1.46 bits per heavy atom. The molecule has 3 aliphatic rings. The van der Waals surface area contributed by atoms with Crippen molar-refractivity contribution in [3.63, 3.8) is 0 Å². The molecule has 0 aromatic carbocycles. The minimum absolute atomic E-state index is 0.685. The Balaban J connectivity index is 2.21. The van der Waals surface area contributed by atoms with E-state index in [1.807, 2.05) is 0 Å². The third kappa shape index (κ3) is 1.57. The Morgan fingerprint density at radius 2 is 2.23 bits per heavy atom. The number of quaternary nitrogens is 1. The summed E-state index contributed by atoms with van der Waals surface area (Å²) in [6.07, 6.45) is 3.34. The molecule has 0 aromatic rings. The van der Waals surface area contributed by atoms with Gasteiger partial charge in [0.15, 0.2) is 0 Å². The van der Waals surface area contributed by atoms with E-state index >= 15 is 0 Å². The van der Waals surface area contributed by atoms with Crippen LogP contribution >= 0.6 is 0 Å². The molecule has 2 bridgehead atoms. The first-order valence-electron chi connectivity index (χ1n) is 5.22. The highest BCUT2D eigenvalue weighted by Gasteiger charge is 2.40. The predicted octanol–water partition coefficient (Wildman–Crippen LogP) is 0.150. The average Bonchev–Trinajstić information content (AvgIpc) is 2.32. The van der Waals surface area contributed by atoms with E-state index in [0.29, 0.717) is 6.04 Å². The molecule has 1 aliphatic carbocycles. The summed E-state index contributed by atoms with van der Waals surface area (Å²) < 4.78 is 0. The van der Waals surface area contributed by atoms with Gasteiger partial charge in [-0.3, -0.25) is 0 Å². The molecule has 2 saturated heterocycles. The smallest absolute Gasteiger partial charge is 0.0952 e. The second-order valence-electron chi connectivity index (χ2n) is 4.81. The van der Waals surface area contributed by atoms with Gasteiger partial charge in [-0.2, -0.15) is 0 Å². The van der Waals surface area contributed by atoms with Crippen molar-refractivity contribution in [1.82, 2.24) is 0 Å². The van der Waals surface area contributed by atoms with Gasteiger partial charge in [-0.25, -0.2) is 0 Å². The molecule has 74 valence electrons. The van der Waals surface area contributed by atoms with Crippen LogP contribution in [-0.2, 0) is 0 Å². The lowest BCUT2D eigenvalue weighted by molar-refractivity contribution is -0.917. The Morgan fingerprint density at radius 3 is 2.85 bits per heavy atom. The summed E-state index contributed by atoms with van der Waals surface area (Å²) in [4.78, 5) is 1.63. The largest absolute Gasteiger partial charge is 0.411 e. The molecule has 2 aliphatic heterocycles. The van der Waals surface area contributed by atoms with Crippen molar-refractivity contribution >= 4 is 5.71 Å². The summed E-state index contributed by atoms with van der Waals surface area (Å²) in [6, 6.07) is 0.685. The summed E-state index contributed by atoms with van der Waals surface area (Å²) in [6.45, 7) is 3.59. The molecule has 2 N–H and O–H groups in total. The van der Waals surface area contributed by atoms with Crippen LogP contribution in [0.3, 0.4) is 0 Å². The van der Waals surface area contributed by atoms with E-state index in [9.17, 15) is 0 Å². The van der Waals surface area contributed by atoms with E-state index in [0.717, 1.165) is 30.4 Å². The van der Waals surface area contributed by atoms with Crippen LogP contribution in [0.15, 0.2) is 5.16 Å². The molecule has 3 heteroatoms. The quantitative estimate of drug-likeness (QED) is 0.407. The van der Waals surface area contributed by atoms with Gasteiger partial charge < -0.3 is 10.1 Å². The zero-order valence-electron chi connectivity index (χ0n) is 8.45. The third-order valence-corrected chi connectivity index (χ3v) is 3.76. The van der Waals surface area contributed by atoms with Gasteiger partial charge in [-0.05, 0) is 12.8 Å². The zero-order valence-corrected chi connectivity index (χ0v) is 8.45. The Hall–Kier alpha value is -0.570. The highest BCUT2D eigenvalue weighted by atomic mass is 16.4. The van der Waals surface area contributed by atoms with Gasteiger partial charge in [0, 0.05) is 18.3 Å². The lowest BCUT2D eigenvalue weighted by Crippen LogP contribution is -3.15. The summed E-state index contributed by atoms with van der Waals surface area (Å²) in [5, 5.41) is 12.3. The fourth-order valence-electron chi connectivity index (χ4n) is 3.15. The normalized spacial score (nSPS) is 48.0. The van der Waals surface area contributed by atoms with Gasteiger partial charge in [-0.15, -0.1) is 0 Å². The van der Waals surface area contributed by atoms with Crippen LogP contribution < -0.4 is 4.90 Å². The Bertz CT molecular complexity index is 215. The molecule has 1 unspecified atom stereocenters. The maximum Gasteiger partial charge on any atom is 0.0952 e. The molecule has 0 amide bonds. The van der Waals surface area contributed by atoms with Crippen LogP contribution in [0.5, 0.6) is 0 Å². The van der Waals surface area contributed by atoms with Gasteiger partial charge in [0.1, 0.15) is 0 Å². The van der Waals surface area contributed by atoms with Crippen LogP contribution in [0.25, 0.3) is 0 Å². The number of piperidine rings is 1. The minimum atomic E-state index is 0.685. The number of nitrogens with zero attached hydrogens (tertiary/aromatic N) is 1. The summed E-state index contributed by atoms with van der Waals surface area (Å²) in [5.74, 6) is 1.54. The molecule has 3 nitrogen and oxygen atoms in total.